The van der Waals surface area contributed by atoms with Crippen LogP contribution in [0.2, 0.25) is 15.1 Å². The van der Waals surface area contributed by atoms with E-state index in [9.17, 15) is 18.0 Å². The van der Waals surface area contributed by atoms with Crippen LogP contribution in [0.1, 0.15) is 63.9 Å². The number of benzene rings is 2. The number of sulfonamides is 1. The molecule has 0 aliphatic heterocycles. The first kappa shape index (κ1) is 31.5. The van der Waals surface area contributed by atoms with E-state index in [2.05, 4.69) is 5.32 Å². The van der Waals surface area contributed by atoms with Crippen molar-refractivity contribution in [1.29, 1.82) is 0 Å². The molecule has 2 amide bonds. The summed E-state index contributed by atoms with van der Waals surface area (Å²) < 4.78 is 26.2. The maximum atomic E-state index is 13.6. The van der Waals surface area contributed by atoms with Crippen molar-refractivity contribution in [2.45, 2.75) is 76.9 Å². The van der Waals surface area contributed by atoms with Gasteiger partial charge in [0.25, 0.3) is 0 Å². The zero-order valence-electron chi connectivity index (χ0n) is 22.3. The first-order valence-corrected chi connectivity index (χ1v) is 16.2. The van der Waals surface area contributed by atoms with Crippen molar-refractivity contribution in [1.82, 2.24) is 10.2 Å². The summed E-state index contributed by atoms with van der Waals surface area (Å²) in [6.45, 7) is 2.17. The summed E-state index contributed by atoms with van der Waals surface area (Å²) in [6.07, 6.45) is 7.11. The topological polar surface area (TPSA) is 86.8 Å². The minimum atomic E-state index is -3.58. The monoisotopic (exact) mass is 615 g/mol. The second-order valence-electron chi connectivity index (χ2n) is 9.95. The van der Waals surface area contributed by atoms with E-state index in [1.165, 1.54) is 10.7 Å². The zero-order valence-corrected chi connectivity index (χ0v) is 25.4. The highest BCUT2D eigenvalue weighted by Crippen LogP contribution is 2.26. The van der Waals surface area contributed by atoms with Crippen LogP contribution in [0.25, 0.3) is 0 Å². The third kappa shape index (κ3) is 9.27. The fourth-order valence-electron chi connectivity index (χ4n) is 4.91. The van der Waals surface area contributed by atoms with Gasteiger partial charge in [-0.2, -0.15) is 0 Å². The van der Waals surface area contributed by atoms with E-state index in [4.69, 9.17) is 34.8 Å². The number of amides is 2. The van der Waals surface area contributed by atoms with Crippen molar-refractivity contribution in [3.05, 3.63) is 63.1 Å². The summed E-state index contributed by atoms with van der Waals surface area (Å²) in [4.78, 5) is 28.6. The first-order chi connectivity index (χ1) is 18.5. The molecule has 39 heavy (non-hydrogen) atoms. The number of hydrogen-bond acceptors (Lipinski definition) is 4. The van der Waals surface area contributed by atoms with Gasteiger partial charge < -0.3 is 10.2 Å². The number of carbonyl (C=O) groups excluding carboxylic acids is 2. The number of nitrogens with zero attached hydrogens (tertiary/aromatic N) is 2. The molecule has 1 aliphatic carbocycles. The fraction of sp³-hybridized carbons (Fsp3) is 0.500. The van der Waals surface area contributed by atoms with E-state index >= 15 is 0 Å². The molecule has 2 aromatic rings. The maximum Gasteiger partial charge on any atom is 0.243 e. The predicted molar refractivity (Wildman–Crippen MR) is 159 cm³/mol. The Balaban J connectivity index is 1.77. The quantitative estimate of drug-likeness (QED) is 0.297. The Bertz CT molecular complexity index is 1240. The van der Waals surface area contributed by atoms with Crippen LogP contribution in [0.15, 0.2) is 42.5 Å². The molecule has 0 spiro atoms. The zero-order chi connectivity index (χ0) is 28.6. The van der Waals surface area contributed by atoms with Gasteiger partial charge in [0.2, 0.25) is 21.8 Å². The summed E-state index contributed by atoms with van der Waals surface area (Å²) in [5.41, 5.74) is 1.22. The van der Waals surface area contributed by atoms with Crippen molar-refractivity contribution in [3.8, 4) is 0 Å². The number of rotatable bonds is 12. The van der Waals surface area contributed by atoms with Crippen molar-refractivity contribution in [2.75, 3.05) is 17.1 Å². The third-order valence-corrected chi connectivity index (χ3v) is 9.13. The Morgan fingerprint density at radius 3 is 2.26 bits per heavy atom. The highest BCUT2D eigenvalue weighted by atomic mass is 35.5. The molecule has 7 nitrogen and oxygen atoms in total. The molecule has 1 N–H and O–H groups in total. The van der Waals surface area contributed by atoms with Crippen LogP contribution in [0.5, 0.6) is 0 Å². The van der Waals surface area contributed by atoms with Gasteiger partial charge >= 0.3 is 0 Å². The van der Waals surface area contributed by atoms with E-state index in [0.717, 1.165) is 37.5 Å². The van der Waals surface area contributed by atoms with Crippen molar-refractivity contribution < 1.29 is 18.0 Å². The number of halogens is 3. The number of carbonyl (C=O) groups is 2. The molecular formula is C28H36Cl3N3O4S. The van der Waals surface area contributed by atoms with Gasteiger partial charge in [0.15, 0.2) is 0 Å². The Labute approximate surface area is 246 Å². The van der Waals surface area contributed by atoms with Crippen molar-refractivity contribution in [2.24, 2.45) is 0 Å². The van der Waals surface area contributed by atoms with Gasteiger partial charge in [-0.15, -0.1) is 0 Å². The molecule has 2 aromatic carbocycles. The van der Waals surface area contributed by atoms with E-state index in [-0.39, 0.29) is 43.8 Å². The number of hydrogen-bond donors (Lipinski definition) is 1. The lowest BCUT2D eigenvalue weighted by Crippen LogP contribution is -2.51. The molecule has 1 saturated carbocycles. The Kier molecular flexibility index (Phi) is 11.8. The lowest BCUT2D eigenvalue weighted by Gasteiger charge is -2.33. The molecule has 0 saturated heterocycles. The van der Waals surface area contributed by atoms with E-state index in [1.807, 2.05) is 6.92 Å². The van der Waals surface area contributed by atoms with Crippen LogP contribution in [-0.2, 0) is 26.2 Å². The molecule has 0 heterocycles. The van der Waals surface area contributed by atoms with Crippen LogP contribution in [0.3, 0.4) is 0 Å². The van der Waals surface area contributed by atoms with Crippen LogP contribution < -0.4 is 9.62 Å². The second kappa shape index (κ2) is 14.6. The lowest BCUT2D eigenvalue weighted by molar-refractivity contribution is -0.141. The molecule has 1 aliphatic rings. The molecule has 1 fully saturated rings. The maximum absolute atomic E-state index is 13.6. The minimum absolute atomic E-state index is 0.0636. The van der Waals surface area contributed by atoms with Crippen LogP contribution in [0, 0.1) is 0 Å². The number of anilines is 1. The molecule has 0 unspecified atom stereocenters. The number of nitrogens with one attached hydrogen (secondary N) is 1. The predicted octanol–water partition coefficient (Wildman–Crippen LogP) is 6.45. The first-order valence-electron chi connectivity index (χ1n) is 13.3. The van der Waals surface area contributed by atoms with Gasteiger partial charge in [-0.3, -0.25) is 13.9 Å². The van der Waals surface area contributed by atoms with Crippen LogP contribution in [-0.4, -0.2) is 50.0 Å². The standard InChI is InChI=1S/C28H36Cl3N3O4S/c1-3-26(28(36)32-22-8-5-4-6-9-22)33(19-20-11-16-24(30)25(31)18-20)27(35)10-7-17-34(39(2,37)38)23-14-12-21(29)13-15-23/h11-16,18,22,26H,3-10,17,19H2,1-2H3,(H,32,36)/t26-/m0/s1. The summed E-state index contributed by atoms with van der Waals surface area (Å²) in [6, 6.07) is 11.1. The molecular weight excluding hydrogens is 581 g/mol. The summed E-state index contributed by atoms with van der Waals surface area (Å²) in [7, 11) is -3.58. The molecule has 3 rings (SSSR count). The summed E-state index contributed by atoms with van der Waals surface area (Å²) >= 11 is 18.3. The lowest BCUT2D eigenvalue weighted by atomic mass is 9.95. The average molecular weight is 617 g/mol. The molecule has 1 atom stereocenters. The van der Waals surface area contributed by atoms with Gasteiger partial charge in [0, 0.05) is 30.6 Å². The Morgan fingerprint density at radius 2 is 1.67 bits per heavy atom. The minimum Gasteiger partial charge on any atom is -0.352 e. The fourth-order valence-corrected chi connectivity index (χ4v) is 6.32. The SMILES string of the molecule is CC[C@@H](C(=O)NC1CCCCC1)N(Cc1ccc(Cl)c(Cl)c1)C(=O)CCCN(c1ccc(Cl)cc1)S(C)(=O)=O. The molecule has 0 bridgehead atoms. The highest BCUT2D eigenvalue weighted by Gasteiger charge is 2.30. The molecule has 214 valence electrons. The van der Waals surface area contributed by atoms with Crippen LogP contribution >= 0.6 is 34.8 Å². The van der Waals surface area contributed by atoms with E-state index in [0.29, 0.717) is 27.2 Å². The Morgan fingerprint density at radius 1 is 1.00 bits per heavy atom. The molecule has 0 radical (unpaired) electrons. The van der Waals surface area contributed by atoms with Crippen molar-refractivity contribution >= 4 is 62.3 Å². The van der Waals surface area contributed by atoms with Gasteiger partial charge in [0.1, 0.15) is 6.04 Å². The average Bonchev–Trinajstić information content (AvgIpc) is 2.89. The third-order valence-electron chi connectivity index (χ3n) is 6.94. The largest absolute Gasteiger partial charge is 0.352 e. The summed E-state index contributed by atoms with van der Waals surface area (Å²) in [5, 5.41) is 4.43. The van der Waals surface area contributed by atoms with Gasteiger partial charge in [-0.05, 0) is 67.6 Å². The molecule has 0 aromatic heterocycles. The van der Waals surface area contributed by atoms with E-state index in [1.54, 1.807) is 47.4 Å². The summed E-state index contributed by atoms with van der Waals surface area (Å²) in [5.74, 6) is -0.409. The smallest absolute Gasteiger partial charge is 0.243 e. The second-order valence-corrected chi connectivity index (χ2v) is 13.1. The van der Waals surface area contributed by atoms with Crippen molar-refractivity contribution in [3.63, 3.8) is 0 Å². The van der Waals surface area contributed by atoms with Gasteiger partial charge in [-0.25, -0.2) is 8.42 Å². The van der Waals surface area contributed by atoms with Crippen LogP contribution in [0.4, 0.5) is 5.69 Å². The highest BCUT2D eigenvalue weighted by molar-refractivity contribution is 7.92. The Hall–Kier alpha value is -2.00. The van der Waals surface area contributed by atoms with Gasteiger partial charge in [-0.1, -0.05) is 67.1 Å². The molecule has 11 heteroatoms. The van der Waals surface area contributed by atoms with Gasteiger partial charge in [0.05, 0.1) is 22.0 Å². The van der Waals surface area contributed by atoms with E-state index < -0.39 is 16.1 Å². The normalized spacial score (nSPS) is 15.0.